The van der Waals surface area contributed by atoms with Crippen LogP contribution in [0.3, 0.4) is 0 Å². The van der Waals surface area contributed by atoms with Gasteiger partial charge in [0.2, 0.25) is 0 Å². The number of rotatable bonds is 7. The highest BCUT2D eigenvalue weighted by atomic mass is 32.1. The minimum absolute atomic E-state index is 0.0902. The monoisotopic (exact) mass is 290 g/mol. The molecule has 0 aliphatic carbocycles. The lowest BCUT2D eigenvalue weighted by Crippen LogP contribution is -2.21. The SMILES string of the molecule is CCCC(NCc1cccc(C(=O)O)n1)c1cccs1. The topological polar surface area (TPSA) is 62.2 Å². The van der Waals surface area contributed by atoms with Crippen LogP contribution in [0.5, 0.6) is 0 Å². The predicted molar refractivity (Wildman–Crippen MR) is 80.0 cm³/mol. The van der Waals surface area contributed by atoms with E-state index in [1.807, 2.05) is 12.1 Å². The van der Waals surface area contributed by atoms with E-state index in [0.29, 0.717) is 12.6 Å². The summed E-state index contributed by atoms with van der Waals surface area (Å²) in [4.78, 5) is 16.3. The summed E-state index contributed by atoms with van der Waals surface area (Å²) in [7, 11) is 0. The molecule has 2 heterocycles. The highest BCUT2D eigenvalue weighted by Gasteiger charge is 2.12. The smallest absolute Gasteiger partial charge is 0.354 e. The maximum atomic E-state index is 10.9. The Labute approximate surface area is 122 Å². The zero-order chi connectivity index (χ0) is 14.4. The van der Waals surface area contributed by atoms with E-state index in [9.17, 15) is 4.79 Å². The van der Waals surface area contributed by atoms with Crippen molar-refractivity contribution in [2.45, 2.75) is 32.4 Å². The first-order chi connectivity index (χ1) is 9.70. The molecule has 0 saturated carbocycles. The van der Waals surface area contributed by atoms with Crippen LogP contribution in [0.2, 0.25) is 0 Å². The maximum Gasteiger partial charge on any atom is 0.354 e. The summed E-state index contributed by atoms with van der Waals surface area (Å²) in [6.07, 6.45) is 2.15. The average Bonchev–Trinajstić information content (AvgIpc) is 2.97. The van der Waals surface area contributed by atoms with Gasteiger partial charge in [-0.15, -0.1) is 11.3 Å². The van der Waals surface area contributed by atoms with Crippen molar-refractivity contribution >= 4 is 17.3 Å². The Morgan fingerprint density at radius 3 is 2.90 bits per heavy atom. The van der Waals surface area contributed by atoms with Gasteiger partial charge in [0, 0.05) is 17.5 Å². The van der Waals surface area contributed by atoms with Gasteiger partial charge in [-0.1, -0.05) is 25.5 Å². The molecule has 0 saturated heterocycles. The Kier molecular flexibility index (Phi) is 5.26. The van der Waals surface area contributed by atoms with E-state index >= 15 is 0 Å². The molecule has 0 amide bonds. The van der Waals surface area contributed by atoms with Crippen molar-refractivity contribution in [2.24, 2.45) is 0 Å². The Hall–Kier alpha value is -1.72. The lowest BCUT2D eigenvalue weighted by Gasteiger charge is -2.16. The summed E-state index contributed by atoms with van der Waals surface area (Å²) in [6, 6.07) is 9.56. The van der Waals surface area contributed by atoms with Crippen molar-refractivity contribution in [1.82, 2.24) is 10.3 Å². The second-order valence-electron chi connectivity index (χ2n) is 4.56. The van der Waals surface area contributed by atoms with Crippen LogP contribution >= 0.6 is 11.3 Å². The highest BCUT2D eigenvalue weighted by Crippen LogP contribution is 2.23. The summed E-state index contributed by atoms with van der Waals surface area (Å²) < 4.78 is 0. The molecule has 2 aromatic rings. The molecule has 0 radical (unpaired) electrons. The van der Waals surface area contributed by atoms with E-state index in [-0.39, 0.29) is 5.69 Å². The third kappa shape index (κ3) is 3.88. The van der Waals surface area contributed by atoms with Gasteiger partial charge in [0.1, 0.15) is 5.69 Å². The second-order valence-corrected chi connectivity index (χ2v) is 5.54. The van der Waals surface area contributed by atoms with Crippen LogP contribution in [0.15, 0.2) is 35.7 Å². The number of nitrogens with zero attached hydrogens (tertiary/aromatic N) is 1. The van der Waals surface area contributed by atoms with Gasteiger partial charge in [0.25, 0.3) is 0 Å². The molecule has 106 valence electrons. The van der Waals surface area contributed by atoms with Crippen LogP contribution in [0, 0.1) is 0 Å². The number of pyridine rings is 1. The minimum atomic E-state index is -0.991. The van der Waals surface area contributed by atoms with Crippen molar-refractivity contribution in [3.8, 4) is 0 Å². The number of carbonyl (C=O) groups is 1. The van der Waals surface area contributed by atoms with Crippen LogP contribution in [0.25, 0.3) is 0 Å². The van der Waals surface area contributed by atoms with Crippen LogP contribution in [-0.2, 0) is 6.54 Å². The standard InChI is InChI=1S/C15H18N2O2S/c1-2-5-12(14-8-4-9-20-14)16-10-11-6-3-7-13(17-11)15(18)19/h3-4,6-9,12,16H,2,5,10H2,1H3,(H,18,19). The van der Waals surface area contributed by atoms with Gasteiger partial charge in [-0.05, 0) is 30.0 Å². The first-order valence-electron chi connectivity index (χ1n) is 6.66. The van der Waals surface area contributed by atoms with Gasteiger partial charge >= 0.3 is 5.97 Å². The molecule has 0 fully saturated rings. The summed E-state index contributed by atoms with van der Waals surface area (Å²) in [5.41, 5.74) is 0.843. The largest absolute Gasteiger partial charge is 0.477 e. The molecule has 0 aliphatic rings. The van der Waals surface area contributed by atoms with Gasteiger partial charge in [-0.2, -0.15) is 0 Å². The Morgan fingerprint density at radius 1 is 1.40 bits per heavy atom. The fourth-order valence-electron chi connectivity index (χ4n) is 2.05. The first-order valence-corrected chi connectivity index (χ1v) is 7.54. The Bertz CT molecular complexity index is 555. The predicted octanol–water partition coefficient (Wildman–Crippen LogP) is 3.47. The van der Waals surface area contributed by atoms with Gasteiger partial charge in [0.05, 0.1) is 5.69 Å². The van der Waals surface area contributed by atoms with E-state index < -0.39 is 5.97 Å². The van der Waals surface area contributed by atoms with Gasteiger partial charge in [-0.3, -0.25) is 0 Å². The van der Waals surface area contributed by atoms with Gasteiger partial charge in [-0.25, -0.2) is 9.78 Å². The van der Waals surface area contributed by atoms with Crippen molar-refractivity contribution in [3.63, 3.8) is 0 Å². The molecule has 0 aliphatic heterocycles. The van der Waals surface area contributed by atoms with E-state index in [2.05, 4.69) is 28.7 Å². The molecular weight excluding hydrogens is 272 g/mol. The molecule has 20 heavy (non-hydrogen) atoms. The average molecular weight is 290 g/mol. The molecular formula is C15H18N2O2S. The number of hydrogen-bond acceptors (Lipinski definition) is 4. The van der Waals surface area contributed by atoms with E-state index in [1.165, 1.54) is 10.9 Å². The number of aromatic nitrogens is 1. The number of carboxylic acids is 1. The normalized spacial score (nSPS) is 12.2. The van der Waals surface area contributed by atoms with Crippen LogP contribution in [-0.4, -0.2) is 16.1 Å². The third-order valence-corrected chi connectivity index (χ3v) is 4.01. The fourth-order valence-corrected chi connectivity index (χ4v) is 2.88. The van der Waals surface area contributed by atoms with Gasteiger partial charge < -0.3 is 10.4 Å². The Balaban J connectivity index is 2.02. The summed E-state index contributed by atoms with van der Waals surface area (Å²) >= 11 is 1.74. The van der Waals surface area contributed by atoms with Crippen LogP contribution in [0.1, 0.15) is 46.9 Å². The molecule has 0 bridgehead atoms. The molecule has 4 nitrogen and oxygen atoms in total. The van der Waals surface area contributed by atoms with Crippen LogP contribution in [0.4, 0.5) is 0 Å². The molecule has 2 rings (SSSR count). The summed E-state index contributed by atoms with van der Waals surface area (Å²) in [5.74, 6) is -0.991. The number of thiophene rings is 1. The quantitative estimate of drug-likeness (QED) is 0.819. The maximum absolute atomic E-state index is 10.9. The molecule has 0 aromatic carbocycles. The number of carboxylic acid groups (broad SMARTS) is 1. The van der Waals surface area contributed by atoms with E-state index in [0.717, 1.165) is 18.5 Å². The molecule has 0 spiro atoms. The lowest BCUT2D eigenvalue weighted by molar-refractivity contribution is 0.0690. The fraction of sp³-hybridized carbons (Fsp3) is 0.333. The Morgan fingerprint density at radius 2 is 2.25 bits per heavy atom. The molecule has 2 N–H and O–H groups in total. The molecule has 5 heteroatoms. The lowest BCUT2D eigenvalue weighted by atomic mass is 10.1. The van der Waals surface area contributed by atoms with Crippen molar-refractivity contribution in [3.05, 3.63) is 52.0 Å². The third-order valence-electron chi connectivity index (χ3n) is 3.02. The first kappa shape index (κ1) is 14.7. The number of nitrogens with one attached hydrogen (secondary N) is 1. The molecule has 1 unspecified atom stereocenters. The molecule has 2 aromatic heterocycles. The van der Waals surface area contributed by atoms with E-state index in [1.54, 1.807) is 17.4 Å². The van der Waals surface area contributed by atoms with Crippen LogP contribution < -0.4 is 5.32 Å². The van der Waals surface area contributed by atoms with Crippen molar-refractivity contribution in [1.29, 1.82) is 0 Å². The summed E-state index contributed by atoms with van der Waals surface area (Å²) in [5, 5.41) is 14.5. The second kappa shape index (κ2) is 7.17. The highest BCUT2D eigenvalue weighted by molar-refractivity contribution is 7.10. The zero-order valence-corrected chi connectivity index (χ0v) is 12.2. The number of aromatic carboxylic acids is 1. The summed E-state index contributed by atoms with van der Waals surface area (Å²) in [6.45, 7) is 2.73. The molecule has 1 atom stereocenters. The minimum Gasteiger partial charge on any atom is -0.477 e. The van der Waals surface area contributed by atoms with Crippen molar-refractivity contribution < 1.29 is 9.90 Å². The van der Waals surface area contributed by atoms with Gasteiger partial charge in [0.15, 0.2) is 0 Å². The van der Waals surface area contributed by atoms with E-state index in [4.69, 9.17) is 5.11 Å². The van der Waals surface area contributed by atoms with Crippen molar-refractivity contribution in [2.75, 3.05) is 0 Å². The number of hydrogen-bond donors (Lipinski definition) is 2. The zero-order valence-electron chi connectivity index (χ0n) is 11.4.